The first-order chi connectivity index (χ1) is 8.94. The largest absolute Gasteiger partial charge is 0.337 e. The van der Waals surface area contributed by atoms with Crippen LogP contribution in [0, 0.1) is 11.3 Å². The lowest BCUT2D eigenvalue weighted by Crippen LogP contribution is -2.59. The van der Waals surface area contributed by atoms with Crippen LogP contribution >= 0.6 is 0 Å². The van der Waals surface area contributed by atoms with Gasteiger partial charge in [-0.05, 0) is 30.4 Å². The van der Waals surface area contributed by atoms with Crippen LogP contribution in [0.5, 0.6) is 0 Å². The third-order valence-electron chi connectivity index (χ3n) is 3.79. The predicted octanol–water partition coefficient (Wildman–Crippen LogP) is 3.72. The van der Waals surface area contributed by atoms with Crippen molar-refractivity contribution in [3.8, 4) is 0 Å². The molecule has 1 aliphatic heterocycles. The highest BCUT2D eigenvalue weighted by molar-refractivity contribution is 5.88. The Morgan fingerprint density at radius 1 is 1.37 bits per heavy atom. The lowest BCUT2D eigenvalue weighted by atomic mass is 9.74. The van der Waals surface area contributed by atoms with E-state index in [0.717, 1.165) is 25.1 Å². The maximum atomic E-state index is 12.3. The van der Waals surface area contributed by atoms with E-state index in [-0.39, 0.29) is 5.41 Å². The fourth-order valence-electron chi connectivity index (χ4n) is 3.01. The summed E-state index contributed by atoms with van der Waals surface area (Å²) in [5, 5.41) is 0. The number of β-lactam (4-membered cyclic amide) rings is 1. The van der Waals surface area contributed by atoms with Crippen molar-refractivity contribution in [1.82, 2.24) is 4.90 Å². The molecule has 102 valence electrons. The van der Waals surface area contributed by atoms with Crippen LogP contribution < -0.4 is 0 Å². The Kier molecular flexibility index (Phi) is 3.79. The quantitative estimate of drug-likeness (QED) is 0.736. The van der Waals surface area contributed by atoms with E-state index in [9.17, 15) is 4.79 Å². The zero-order valence-electron chi connectivity index (χ0n) is 12.1. The molecule has 0 saturated carbocycles. The molecule has 1 unspecified atom stereocenters. The van der Waals surface area contributed by atoms with E-state index in [2.05, 4.69) is 39.5 Å². The molecule has 1 aliphatic rings. The summed E-state index contributed by atoms with van der Waals surface area (Å²) in [6.45, 7) is 11.8. The van der Waals surface area contributed by atoms with Crippen LogP contribution in [0.1, 0.15) is 38.3 Å². The van der Waals surface area contributed by atoms with Gasteiger partial charge in [0, 0.05) is 13.1 Å². The van der Waals surface area contributed by atoms with Gasteiger partial charge in [-0.2, -0.15) is 0 Å². The average Bonchev–Trinajstić information content (AvgIpc) is 2.38. The molecule has 2 rings (SSSR count). The van der Waals surface area contributed by atoms with Gasteiger partial charge in [-0.3, -0.25) is 4.79 Å². The van der Waals surface area contributed by atoms with Crippen LogP contribution in [-0.2, 0) is 11.3 Å². The molecule has 19 heavy (non-hydrogen) atoms. The van der Waals surface area contributed by atoms with E-state index < -0.39 is 0 Å². The highest BCUT2D eigenvalue weighted by Gasteiger charge is 2.47. The fourth-order valence-corrected chi connectivity index (χ4v) is 3.01. The van der Waals surface area contributed by atoms with Crippen molar-refractivity contribution < 1.29 is 4.79 Å². The molecule has 2 heteroatoms. The Balaban J connectivity index is 1.95. The highest BCUT2D eigenvalue weighted by Crippen LogP contribution is 2.38. The van der Waals surface area contributed by atoms with Crippen LogP contribution in [-0.4, -0.2) is 17.4 Å². The van der Waals surface area contributed by atoms with Crippen molar-refractivity contribution in [3.63, 3.8) is 0 Å². The lowest BCUT2D eigenvalue weighted by Gasteiger charge is -2.47. The molecule has 2 nitrogen and oxygen atoms in total. The van der Waals surface area contributed by atoms with E-state index in [0.29, 0.717) is 11.8 Å². The second-order valence-electron chi connectivity index (χ2n) is 6.27. The van der Waals surface area contributed by atoms with Gasteiger partial charge in [0.1, 0.15) is 0 Å². The smallest absolute Gasteiger partial charge is 0.230 e. The van der Waals surface area contributed by atoms with Crippen LogP contribution in [0.25, 0.3) is 6.08 Å². The monoisotopic (exact) mass is 257 g/mol. The van der Waals surface area contributed by atoms with Gasteiger partial charge in [0.15, 0.2) is 0 Å². The summed E-state index contributed by atoms with van der Waals surface area (Å²) in [7, 11) is 0. The van der Waals surface area contributed by atoms with E-state index in [1.807, 2.05) is 23.1 Å². The Morgan fingerprint density at radius 2 is 2.00 bits per heavy atom. The normalized spacial score (nSPS) is 22.5. The minimum Gasteiger partial charge on any atom is -0.337 e. The summed E-state index contributed by atoms with van der Waals surface area (Å²) in [6.07, 6.45) is 2.82. The molecule has 1 atom stereocenters. The van der Waals surface area contributed by atoms with Crippen LogP contribution in [0.2, 0.25) is 0 Å². The number of nitrogens with zero attached hydrogens (tertiary/aromatic N) is 1. The standard InChI is InChI=1S/C17H23NO/c1-5-14-6-8-15(9-7-14)11-18-12-17(4,16(18)19)10-13(2)3/h5-9,13H,1,10-12H2,2-4H3. The molecule has 0 aromatic heterocycles. The second-order valence-corrected chi connectivity index (χ2v) is 6.27. The fraction of sp³-hybridized carbons (Fsp3) is 0.471. The van der Waals surface area contributed by atoms with Crippen molar-refractivity contribution in [2.75, 3.05) is 6.54 Å². The van der Waals surface area contributed by atoms with E-state index in [1.165, 1.54) is 5.56 Å². The molecule has 0 radical (unpaired) electrons. The Labute approximate surface area is 116 Å². The Bertz CT molecular complexity index is 475. The summed E-state index contributed by atoms with van der Waals surface area (Å²) in [5.74, 6) is 0.872. The number of benzene rings is 1. The van der Waals surface area contributed by atoms with Gasteiger partial charge in [0.2, 0.25) is 5.91 Å². The van der Waals surface area contributed by atoms with Crippen LogP contribution in [0.3, 0.4) is 0 Å². The first-order valence-electron chi connectivity index (χ1n) is 6.95. The van der Waals surface area contributed by atoms with Gasteiger partial charge in [0.25, 0.3) is 0 Å². The molecule has 1 heterocycles. The first-order valence-corrected chi connectivity index (χ1v) is 6.95. The number of hydrogen-bond acceptors (Lipinski definition) is 1. The third kappa shape index (κ3) is 2.89. The van der Waals surface area contributed by atoms with Crippen LogP contribution in [0.15, 0.2) is 30.8 Å². The van der Waals surface area contributed by atoms with Gasteiger partial charge in [-0.25, -0.2) is 0 Å². The molecule has 1 fully saturated rings. The van der Waals surface area contributed by atoms with Gasteiger partial charge >= 0.3 is 0 Å². The zero-order valence-corrected chi connectivity index (χ0v) is 12.1. The second kappa shape index (κ2) is 5.20. The molecule has 0 aliphatic carbocycles. The maximum absolute atomic E-state index is 12.3. The van der Waals surface area contributed by atoms with Crippen molar-refractivity contribution in [3.05, 3.63) is 42.0 Å². The molecule has 0 spiro atoms. The molecule has 1 aromatic carbocycles. The molecule has 0 N–H and O–H groups in total. The predicted molar refractivity (Wildman–Crippen MR) is 79.5 cm³/mol. The highest BCUT2D eigenvalue weighted by atomic mass is 16.2. The van der Waals surface area contributed by atoms with E-state index in [4.69, 9.17) is 0 Å². The molecule has 1 saturated heterocycles. The maximum Gasteiger partial charge on any atom is 0.230 e. The molecule has 1 amide bonds. The van der Waals surface area contributed by atoms with Gasteiger partial charge < -0.3 is 4.90 Å². The average molecular weight is 257 g/mol. The molecular weight excluding hydrogens is 234 g/mol. The lowest BCUT2D eigenvalue weighted by molar-refractivity contribution is -0.161. The van der Waals surface area contributed by atoms with Crippen molar-refractivity contribution in [2.24, 2.45) is 11.3 Å². The summed E-state index contributed by atoms with van der Waals surface area (Å²) in [4.78, 5) is 14.2. The van der Waals surface area contributed by atoms with Crippen molar-refractivity contribution >= 4 is 12.0 Å². The molecule has 1 aromatic rings. The molecule has 0 bridgehead atoms. The number of carbonyl (C=O) groups excluding carboxylic acids is 1. The zero-order chi connectivity index (χ0) is 14.0. The van der Waals surface area contributed by atoms with Gasteiger partial charge in [-0.1, -0.05) is 50.8 Å². The minimum absolute atomic E-state index is 0.130. The topological polar surface area (TPSA) is 20.3 Å². The van der Waals surface area contributed by atoms with Crippen molar-refractivity contribution in [1.29, 1.82) is 0 Å². The number of hydrogen-bond donors (Lipinski definition) is 0. The third-order valence-corrected chi connectivity index (χ3v) is 3.79. The van der Waals surface area contributed by atoms with Gasteiger partial charge in [-0.15, -0.1) is 0 Å². The van der Waals surface area contributed by atoms with E-state index >= 15 is 0 Å². The summed E-state index contributed by atoms with van der Waals surface area (Å²) >= 11 is 0. The number of rotatable bonds is 5. The Hall–Kier alpha value is -1.57. The number of amides is 1. The van der Waals surface area contributed by atoms with Crippen LogP contribution in [0.4, 0.5) is 0 Å². The Morgan fingerprint density at radius 3 is 2.47 bits per heavy atom. The number of carbonyl (C=O) groups is 1. The van der Waals surface area contributed by atoms with Gasteiger partial charge in [0.05, 0.1) is 5.41 Å². The van der Waals surface area contributed by atoms with E-state index in [1.54, 1.807) is 0 Å². The minimum atomic E-state index is -0.130. The summed E-state index contributed by atoms with van der Waals surface area (Å²) in [6, 6.07) is 8.23. The summed E-state index contributed by atoms with van der Waals surface area (Å²) in [5.41, 5.74) is 2.17. The molecular formula is C17H23NO. The summed E-state index contributed by atoms with van der Waals surface area (Å²) < 4.78 is 0. The SMILES string of the molecule is C=Cc1ccc(CN2CC(C)(CC(C)C)C2=O)cc1. The number of likely N-dealkylation sites (tertiary alicyclic amines) is 1. The first kappa shape index (κ1) is 13.9. The van der Waals surface area contributed by atoms with Crippen molar-refractivity contribution in [2.45, 2.75) is 33.7 Å².